The lowest BCUT2D eigenvalue weighted by Gasteiger charge is -2.18. The van der Waals surface area contributed by atoms with Gasteiger partial charge >= 0.3 is 0 Å². The zero-order chi connectivity index (χ0) is 12.3. The van der Waals surface area contributed by atoms with Gasteiger partial charge in [-0.3, -0.25) is 4.79 Å². The molecule has 0 aliphatic rings. The van der Waals surface area contributed by atoms with Gasteiger partial charge in [-0.15, -0.1) is 0 Å². The zero-order valence-electron chi connectivity index (χ0n) is 9.93. The van der Waals surface area contributed by atoms with Crippen LogP contribution < -0.4 is 10.1 Å². The molecular formula is C12H16ClNO2. The molecule has 3 nitrogen and oxygen atoms in total. The second-order valence-corrected chi connectivity index (χ2v) is 4.90. The van der Waals surface area contributed by atoms with Gasteiger partial charge in [0, 0.05) is 5.41 Å². The average Bonchev–Trinajstić information content (AvgIpc) is 2.19. The lowest BCUT2D eigenvalue weighted by atomic mass is 9.95. The van der Waals surface area contributed by atoms with E-state index >= 15 is 0 Å². The molecule has 0 aromatic heterocycles. The summed E-state index contributed by atoms with van der Waals surface area (Å²) in [5, 5.41) is 3.19. The molecule has 4 heteroatoms. The fourth-order valence-corrected chi connectivity index (χ4v) is 1.33. The first kappa shape index (κ1) is 12.8. The van der Waals surface area contributed by atoms with E-state index in [4.69, 9.17) is 16.3 Å². The summed E-state index contributed by atoms with van der Waals surface area (Å²) in [5.41, 5.74) is 0.118. The molecule has 0 fully saturated rings. The molecule has 0 aliphatic carbocycles. The van der Waals surface area contributed by atoms with Crippen LogP contribution in [0.2, 0.25) is 5.02 Å². The molecular weight excluding hydrogens is 226 g/mol. The van der Waals surface area contributed by atoms with Crippen molar-refractivity contribution >= 4 is 23.2 Å². The van der Waals surface area contributed by atoms with E-state index in [1.165, 1.54) is 7.11 Å². The number of carbonyl (C=O) groups is 1. The fraction of sp³-hybridized carbons (Fsp3) is 0.417. The van der Waals surface area contributed by atoms with Gasteiger partial charge in [-0.1, -0.05) is 38.4 Å². The van der Waals surface area contributed by atoms with Crippen molar-refractivity contribution < 1.29 is 9.53 Å². The molecule has 1 aromatic rings. The second kappa shape index (κ2) is 4.74. The number of anilines is 1. The highest BCUT2D eigenvalue weighted by Crippen LogP contribution is 2.32. The largest absolute Gasteiger partial charge is 0.495 e. The Hall–Kier alpha value is -1.22. The van der Waals surface area contributed by atoms with Crippen LogP contribution in [0.15, 0.2) is 18.2 Å². The molecule has 0 unspecified atom stereocenters. The fourth-order valence-electron chi connectivity index (χ4n) is 1.07. The van der Waals surface area contributed by atoms with Crippen LogP contribution in [-0.4, -0.2) is 13.0 Å². The molecule has 88 valence electrons. The van der Waals surface area contributed by atoms with Crippen LogP contribution in [-0.2, 0) is 4.79 Å². The number of rotatable bonds is 2. The van der Waals surface area contributed by atoms with Crippen molar-refractivity contribution in [1.29, 1.82) is 0 Å². The van der Waals surface area contributed by atoms with Crippen molar-refractivity contribution in [3.8, 4) is 5.75 Å². The van der Waals surface area contributed by atoms with Crippen LogP contribution in [0.3, 0.4) is 0 Å². The summed E-state index contributed by atoms with van der Waals surface area (Å²) in [6.07, 6.45) is 0. The monoisotopic (exact) mass is 241 g/mol. The molecule has 1 aromatic carbocycles. The second-order valence-electron chi connectivity index (χ2n) is 4.53. The highest BCUT2D eigenvalue weighted by Gasteiger charge is 2.22. The van der Waals surface area contributed by atoms with E-state index in [1.807, 2.05) is 20.8 Å². The van der Waals surface area contributed by atoms with Crippen molar-refractivity contribution in [2.75, 3.05) is 12.4 Å². The number of amides is 1. The summed E-state index contributed by atoms with van der Waals surface area (Å²) in [7, 11) is 1.54. The Morgan fingerprint density at radius 1 is 1.38 bits per heavy atom. The minimum absolute atomic E-state index is 0.0809. The summed E-state index contributed by atoms with van der Waals surface area (Å²) in [5.74, 6) is 0.469. The molecule has 0 atom stereocenters. The van der Waals surface area contributed by atoms with Crippen LogP contribution in [0.5, 0.6) is 5.75 Å². The Balaban J connectivity index is 2.94. The van der Waals surface area contributed by atoms with E-state index in [2.05, 4.69) is 5.32 Å². The third-order valence-corrected chi connectivity index (χ3v) is 2.50. The predicted molar refractivity (Wildman–Crippen MR) is 66.1 cm³/mol. The van der Waals surface area contributed by atoms with Crippen LogP contribution in [0.4, 0.5) is 5.69 Å². The van der Waals surface area contributed by atoms with E-state index in [0.717, 1.165) is 0 Å². The normalized spacial score (nSPS) is 11.1. The molecule has 0 saturated heterocycles. The van der Waals surface area contributed by atoms with Gasteiger partial charge in [-0.25, -0.2) is 0 Å². The van der Waals surface area contributed by atoms with Gasteiger partial charge in [0.25, 0.3) is 0 Å². The first-order valence-corrected chi connectivity index (χ1v) is 5.38. The molecule has 16 heavy (non-hydrogen) atoms. The first-order valence-electron chi connectivity index (χ1n) is 5.00. The van der Waals surface area contributed by atoms with Crippen LogP contribution in [0.1, 0.15) is 20.8 Å². The van der Waals surface area contributed by atoms with Crippen LogP contribution in [0.25, 0.3) is 0 Å². The Morgan fingerprint density at radius 2 is 2.00 bits per heavy atom. The van der Waals surface area contributed by atoms with Crippen LogP contribution >= 0.6 is 11.6 Å². The van der Waals surface area contributed by atoms with E-state index in [-0.39, 0.29) is 5.91 Å². The maximum Gasteiger partial charge on any atom is 0.229 e. The molecule has 0 aliphatic heterocycles. The van der Waals surface area contributed by atoms with Gasteiger partial charge in [0.1, 0.15) is 10.8 Å². The number of methoxy groups -OCH3 is 1. The Bertz CT molecular complexity index is 396. The Labute approximate surface area is 101 Å². The molecule has 0 spiro atoms. The number of hydrogen-bond donors (Lipinski definition) is 1. The summed E-state index contributed by atoms with van der Waals surface area (Å²) in [4.78, 5) is 11.8. The van der Waals surface area contributed by atoms with Crippen molar-refractivity contribution in [3.63, 3.8) is 0 Å². The van der Waals surface area contributed by atoms with Gasteiger partial charge < -0.3 is 10.1 Å². The molecule has 0 heterocycles. The van der Waals surface area contributed by atoms with E-state index in [0.29, 0.717) is 16.5 Å². The lowest BCUT2D eigenvalue weighted by Crippen LogP contribution is -2.27. The molecule has 0 radical (unpaired) electrons. The van der Waals surface area contributed by atoms with Crippen molar-refractivity contribution in [1.82, 2.24) is 0 Å². The van der Waals surface area contributed by atoms with Gasteiger partial charge in [-0.05, 0) is 12.1 Å². The first-order chi connectivity index (χ1) is 7.36. The lowest BCUT2D eigenvalue weighted by molar-refractivity contribution is -0.123. The summed E-state index contributed by atoms with van der Waals surface area (Å²) in [6.45, 7) is 5.53. The third kappa shape index (κ3) is 2.89. The summed E-state index contributed by atoms with van der Waals surface area (Å²) < 4.78 is 5.07. The number of carbonyl (C=O) groups excluding carboxylic acids is 1. The molecule has 1 amide bonds. The van der Waals surface area contributed by atoms with Crippen LogP contribution in [0, 0.1) is 5.41 Å². The number of nitrogens with one attached hydrogen (secondary N) is 1. The van der Waals surface area contributed by atoms with E-state index in [1.54, 1.807) is 18.2 Å². The number of halogens is 1. The standard InChI is InChI=1S/C12H16ClNO2/c1-12(2,3)11(15)14-8-6-5-7-9(16-4)10(8)13/h5-7H,1-4H3,(H,14,15). The average molecular weight is 242 g/mol. The smallest absolute Gasteiger partial charge is 0.229 e. The maximum atomic E-state index is 11.8. The number of benzene rings is 1. The van der Waals surface area contributed by atoms with Gasteiger partial charge in [-0.2, -0.15) is 0 Å². The Kier molecular flexibility index (Phi) is 3.81. The molecule has 0 bridgehead atoms. The predicted octanol–water partition coefficient (Wildman–Crippen LogP) is 3.33. The highest BCUT2D eigenvalue weighted by atomic mass is 35.5. The van der Waals surface area contributed by atoms with Gasteiger partial charge in [0.05, 0.1) is 12.8 Å². The van der Waals surface area contributed by atoms with E-state index < -0.39 is 5.41 Å². The maximum absolute atomic E-state index is 11.8. The van der Waals surface area contributed by atoms with Gasteiger partial charge in [0.2, 0.25) is 5.91 Å². The quantitative estimate of drug-likeness (QED) is 0.863. The number of ether oxygens (including phenoxy) is 1. The van der Waals surface area contributed by atoms with Gasteiger partial charge in [0.15, 0.2) is 0 Å². The number of hydrogen-bond acceptors (Lipinski definition) is 2. The zero-order valence-corrected chi connectivity index (χ0v) is 10.7. The molecule has 0 saturated carbocycles. The SMILES string of the molecule is COc1cccc(NC(=O)C(C)(C)C)c1Cl. The summed E-state index contributed by atoms with van der Waals surface area (Å²) in [6, 6.07) is 5.27. The van der Waals surface area contributed by atoms with E-state index in [9.17, 15) is 4.79 Å². The van der Waals surface area contributed by atoms with Crippen molar-refractivity contribution in [2.24, 2.45) is 5.41 Å². The highest BCUT2D eigenvalue weighted by molar-refractivity contribution is 6.35. The van der Waals surface area contributed by atoms with Crippen molar-refractivity contribution in [2.45, 2.75) is 20.8 Å². The topological polar surface area (TPSA) is 38.3 Å². The molecule has 1 rings (SSSR count). The minimum atomic E-state index is -0.452. The Morgan fingerprint density at radius 3 is 2.50 bits per heavy atom. The third-order valence-electron chi connectivity index (χ3n) is 2.11. The minimum Gasteiger partial charge on any atom is -0.495 e. The van der Waals surface area contributed by atoms with Crippen molar-refractivity contribution in [3.05, 3.63) is 23.2 Å². The molecule has 1 N–H and O–H groups in total. The summed E-state index contributed by atoms with van der Waals surface area (Å²) >= 11 is 6.06.